The lowest BCUT2D eigenvalue weighted by Crippen LogP contribution is -2.05. The van der Waals surface area contributed by atoms with Crippen LogP contribution in [0.25, 0.3) is 11.1 Å². The van der Waals surface area contributed by atoms with Crippen LogP contribution in [0.5, 0.6) is 5.75 Å². The third-order valence-electron chi connectivity index (χ3n) is 3.80. The van der Waals surface area contributed by atoms with Crippen molar-refractivity contribution in [2.45, 2.75) is 11.9 Å². The molecule has 0 radical (unpaired) electrons. The van der Waals surface area contributed by atoms with Gasteiger partial charge in [-0.1, -0.05) is 12.1 Å². The quantitative estimate of drug-likeness (QED) is 0.464. The molecule has 2 rings (SSSR count). The van der Waals surface area contributed by atoms with Gasteiger partial charge in [-0.15, -0.1) is 11.8 Å². The number of aliphatic hydroxyl groups excluding tert-OH is 1. The summed E-state index contributed by atoms with van der Waals surface area (Å²) in [7, 11) is 1.69. The second-order valence-corrected chi connectivity index (χ2v) is 6.59. The number of thioether (sulfide) groups is 1. The molecule has 8 heteroatoms. The number of hydrogen-bond acceptors (Lipinski definition) is 8. The highest BCUT2D eigenvalue weighted by Crippen LogP contribution is 2.36. The van der Waals surface area contributed by atoms with Gasteiger partial charge >= 0.3 is 0 Å². The molecule has 0 unspecified atom stereocenters. The monoisotopic (exact) mass is 398 g/mol. The molecule has 2 aromatic rings. The minimum Gasteiger partial charge on any atom is -0.491 e. The zero-order valence-corrected chi connectivity index (χ0v) is 16.7. The number of ether oxygens (including phenoxy) is 2. The first-order valence-corrected chi connectivity index (χ1v) is 9.79. The number of rotatable bonds is 10. The van der Waals surface area contributed by atoms with Crippen LogP contribution in [0.3, 0.4) is 0 Å². The molecule has 0 atom stereocenters. The lowest BCUT2D eigenvalue weighted by Gasteiger charge is -2.15. The summed E-state index contributed by atoms with van der Waals surface area (Å²) >= 11 is 1.42. The predicted molar refractivity (Wildman–Crippen MR) is 108 cm³/mol. The van der Waals surface area contributed by atoms with Crippen LogP contribution in [0.1, 0.15) is 18.1 Å². The van der Waals surface area contributed by atoms with Crippen molar-refractivity contribution in [1.29, 1.82) is 10.5 Å². The number of aromatic nitrogens is 1. The van der Waals surface area contributed by atoms with Crippen LogP contribution in [-0.2, 0) is 4.74 Å². The van der Waals surface area contributed by atoms with Gasteiger partial charge in [0.2, 0.25) is 0 Å². The molecule has 0 aliphatic carbocycles. The number of hydrogen-bond donors (Lipinski definition) is 2. The van der Waals surface area contributed by atoms with Gasteiger partial charge in [0.15, 0.2) is 0 Å². The van der Waals surface area contributed by atoms with Crippen molar-refractivity contribution in [2.75, 3.05) is 44.5 Å². The van der Waals surface area contributed by atoms with E-state index in [4.69, 9.17) is 14.6 Å². The average molecular weight is 398 g/mol. The Balaban J connectivity index is 2.51. The van der Waals surface area contributed by atoms with E-state index in [1.54, 1.807) is 31.3 Å². The Bertz CT molecular complexity index is 873. The maximum absolute atomic E-state index is 9.80. The van der Waals surface area contributed by atoms with Gasteiger partial charge in [0.25, 0.3) is 0 Å². The highest BCUT2D eigenvalue weighted by atomic mass is 32.2. The molecule has 1 heterocycles. The Labute approximate surface area is 168 Å². The number of anilines is 1. The summed E-state index contributed by atoms with van der Waals surface area (Å²) in [6, 6.07) is 11.4. The van der Waals surface area contributed by atoms with Gasteiger partial charge < -0.3 is 19.9 Å². The minimum atomic E-state index is -0.0723. The third-order valence-corrected chi connectivity index (χ3v) is 4.74. The van der Waals surface area contributed by atoms with E-state index < -0.39 is 0 Å². The predicted octanol–water partition coefficient (Wildman–Crippen LogP) is 3.03. The summed E-state index contributed by atoms with van der Waals surface area (Å²) in [4.78, 5) is 4.47. The molecule has 1 aromatic carbocycles. The first kappa shape index (κ1) is 21.5. The van der Waals surface area contributed by atoms with E-state index in [9.17, 15) is 10.5 Å². The summed E-state index contributed by atoms with van der Waals surface area (Å²) in [5, 5.41) is 31.9. The standard InChI is InChI=1S/C20H22N4O3S/c1-3-26-10-11-28-20-17(13-22)18(16(12-21)19(23-2)24-20)14-4-6-15(7-5-14)27-9-8-25/h4-7,25H,3,8-11H2,1-2H3,(H,23,24). The normalized spacial score (nSPS) is 10.2. The Morgan fingerprint density at radius 2 is 1.86 bits per heavy atom. The van der Waals surface area contributed by atoms with Gasteiger partial charge in [-0.05, 0) is 24.6 Å². The molecular formula is C20H22N4O3S. The molecule has 7 nitrogen and oxygen atoms in total. The largest absolute Gasteiger partial charge is 0.491 e. The molecular weight excluding hydrogens is 376 g/mol. The van der Waals surface area contributed by atoms with Crippen LogP contribution in [0, 0.1) is 22.7 Å². The molecule has 146 valence electrons. The van der Waals surface area contributed by atoms with E-state index in [1.165, 1.54) is 11.8 Å². The molecule has 0 aliphatic rings. The molecule has 0 saturated carbocycles. The van der Waals surface area contributed by atoms with Crippen LogP contribution >= 0.6 is 11.8 Å². The van der Waals surface area contributed by atoms with Crippen molar-refractivity contribution in [1.82, 2.24) is 4.98 Å². The van der Waals surface area contributed by atoms with E-state index in [-0.39, 0.29) is 13.2 Å². The number of aliphatic hydroxyl groups is 1. The number of nitrogens with one attached hydrogen (secondary N) is 1. The average Bonchev–Trinajstić information content (AvgIpc) is 2.74. The van der Waals surface area contributed by atoms with Crippen molar-refractivity contribution >= 4 is 17.6 Å². The molecule has 0 spiro atoms. The van der Waals surface area contributed by atoms with Crippen molar-refractivity contribution in [3.63, 3.8) is 0 Å². The van der Waals surface area contributed by atoms with E-state index in [0.717, 1.165) is 5.56 Å². The van der Waals surface area contributed by atoms with E-state index in [2.05, 4.69) is 22.4 Å². The number of pyridine rings is 1. The van der Waals surface area contributed by atoms with Crippen molar-refractivity contribution in [3.05, 3.63) is 35.4 Å². The zero-order valence-electron chi connectivity index (χ0n) is 15.9. The smallest absolute Gasteiger partial charge is 0.145 e. The van der Waals surface area contributed by atoms with Gasteiger partial charge in [0.1, 0.15) is 40.9 Å². The van der Waals surface area contributed by atoms with E-state index in [1.807, 2.05) is 6.92 Å². The van der Waals surface area contributed by atoms with Crippen LogP contribution in [-0.4, -0.2) is 49.3 Å². The third kappa shape index (κ3) is 5.14. The van der Waals surface area contributed by atoms with E-state index >= 15 is 0 Å². The number of nitrogens with zero attached hydrogens (tertiary/aromatic N) is 3. The summed E-state index contributed by atoms with van der Waals surface area (Å²) < 4.78 is 10.7. The van der Waals surface area contributed by atoms with Crippen LogP contribution in [0.4, 0.5) is 5.82 Å². The molecule has 0 fully saturated rings. The summed E-state index contributed by atoms with van der Waals surface area (Å²) in [6.45, 7) is 3.23. The van der Waals surface area contributed by atoms with Gasteiger partial charge in [-0.25, -0.2) is 4.98 Å². The molecule has 1 aromatic heterocycles. The number of benzene rings is 1. The van der Waals surface area contributed by atoms with Crippen LogP contribution in [0.15, 0.2) is 29.3 Å². The molecule has 0 aliphatic heterocycles. The summed E-state index contributed by atoms with van der Waals surface area (Å²) in [6.07, 6.45) is 0. The molecule has 0 bridgehead atoms. The molecule has 2 N–H and O–H groups in total. The Morgan fingerprint density at radius 3 is 2.43 bits per heavy atom. The molecule has 0 amide bonds. The molecule has 0 saturated heterocycles. The maximum Gasteiger partial charge on any atom is 0.145 e. The van der Waals surface area contributed by atoms with Crippen molar-refractivity contribution in [3.8, 4) is 29.0 Å². The maximum atomic E-state index is 9.80. The topological polar surface area (TPSA) is 111 Å². The zero-order chi connectivity index (χ0) is 20.4. The number of nitriles is 2. The fourth-order valence-electron chi connectivity index (χ4n) is 2.57. The van der Waals surface area contributed by atoms with Gasteiger partial charge in [-0.2, -0.15) is 10.5 Å². The fraction of sp³-hybridized carbons (Fsp3) is 0.350. The second-order valence-electron chi connectivity index (χ2n) is 5.51. The highest BCUT2D eigenvalue weighted by molar-refractivity contribution is 7.99. The fourth-order valence-corrected chi connectivity index (χ4v) is 3.42. The van der Waals surface area contributed by atoms with E-state index in [0.29, 0.717) is 52.3 Å². The van der Waals surface area contributed by atoms with Gasteiger partial charge in [0.05, 0.1) is 18.8 Å². The molecule has 28 heavy (non-hydrogen) atoms. The summed E-state index contributed by atoms with van der Waals surface area (Å²) in [5.41, 5.74) is 1.94. The van der Waals surface area contributed by atoms with Crippen molar-refractivity contribution < 1.29 is 14.6 Å². The minimum absolute atomic E-state index is 0.0723. The Kier molecular flexibility index (Phi) is 8.57. The van der Waals surface area contributed by atoms with Gasteiger partial charge in [-0.3, -0.25) is 0 Å². The highest BCUT2D eigenvalue weighted by Gasteiger charge is 2.21. The van der Waals surface area contributed by atoms with Crippen molar-refractivity contribution in [2.24, 2.45) is 0 Å². The Hall–Kier alpha value is -2.78. The SMILES string of the molecule is CCOCCSc1nc(NC)c(C#N)c(-c2ccc(OCCO)cc2)c1C#N. The lowest BCUT2D eigenvalue weighted by atomic mass is 9.96. The first-order valence-electron chi connectivity index (χ1n) is 8.80. The summed E-state index contributed by atoms with van der Waals surface area (Å²) in [5.74, 6) is 1.68. The first-order chi connectivity index (χ1) is 13.7. The second kappa shape index (κ2) is 11.2. The lowest BCUT2D eigenvalue weighted by molar-refractivity contribution is 0.164. The Morgan fingerprint density at radius 1 is 1.14 bits per heavy atom. The van der Waals surface area contributed by atoms with Gasteiger partial charge in [0, 0.05) is 25.0 Å². The van der Waals surface area contributed by atoms with Crippen LogP contribution < -0.4 is 10.1 Å². The van der Waals surface area contributed by atoms with Crippen LogP contribution in [0.2, 0.25) is 0 Å².